The van der Waals surface area contributed by atoms with Gasteiger partial charge in [-0.2, -0.15) is 0 Å². The second-order valence-corrected chi connectivity index (χ2v) is 6.83. The fourth-order valence-corrected chi connectivity index (χ4v) is 3.21. The largest absolute Gasteiger partial charge is 0.508 e. The van der Waals surface area contributed by atoms with Crippen LogP contribution in [0.5, 0.6) is 11.5 Å². The molecule has 128 valence electrons. The Balaban J connectivity index is 1.94. The van der Waals surface area contributed by atoms with Crippen molar-refractivity contribution in [2.24, 2.45) is 0 Å². The zero-order chi connectivity index (χ0) is 18.0. The molecule has 0 aliphatic rings. The maximum atomic E-state index is 10.3. The van der Waals surface area contributed by atoms with Crippen LogP contribution in [0.4, 0.5) is 0 Å². The standard InChI is InChI=1S/C23H24O2/c1-15-5-4-6-18(11-15)17(3)19-8-10-23(25)21(13-19)14-20-12-16(2)7-9-22(20)24/h4-13,17,24-25H,14H2,1-3H3. The molecule has 3 rings (SSSR count). The van der Waals surface area contributed by atoms with Crippen LogP contribution in [0.2, 0.25) is 0 Å². The summed E-state index contributed by atoms with van der Waals surface area (Å²) in [6.07, 6.45) is 0.508. The third-order valence-corrected chi connectivity index (χ3v) is 4.76. The van der Waals surface area contributed by atoms with Crippen molar-refractivity contribution in [3.8, 4) is 11.5 Å². The molecule has 0 fully saturated rings. The summed E-state index contributed by atoms with van der Waals surface area (Å²) in [6, 6.07) is 19.8. The Hall–Kier alpha value is -2.74. The van der Waals surface area contributed by atoms with E-state index in [4.69, 9.17) is 0 Å². The van der Waals surface area contributed by atoms with Crippen molar-refractivity contribution in [2.45, 2.75) is 33.1 Å². The minimum Gasteiger partial charge on any atom is -0.508 e. The Kier molecular flexibility index (Phi) is 4.80. The van der Waals surface area contributed by atoms with Gasteiger partial charge in [-0.1, -0.05) is 66.6 Å². The van der Waals surface area contributed by atoms with Gasteiger partial charge in [-0.25, -0.2) is 0 Å². The van der Waals surface area contributed by atoms with Gasteiger partial charge in [-0.05, 0) is 48.2 Å². The molecule has 0 aliphatic heterocycles. The summed E-state index contributed by atoms with van der Waals surface area (Å²) < 4.78 is 0. The average molecular weight is 332 g/mol. The summed E-state index contributed by atoms with van der Waals surface area (Å²) in [5.74, 6) is 0.772. The highest BCUT2D eigenvalue weighted by Gasteiger charge is 2.13. The number of aryl methyl sites for hydroxylation is 2. The van der Waals surface area contributed by atoms with E-state index in [0.717, 1.165) is 22.3 Å². The first-order valence-electron chi connectivity index (χ1n) is 8.61. The molecule has 25 heavy (non-hydrogen) atoms. The van der Waals surface area contributed by atoms with E-state index in [2.05, 4.69) is 38.1 Å². The minimum absolute atomic E-state index is 0.241. The molecule has 2 N–H and O–H groups in total. The lowest BCUT2D eigenvalue weighted by Crippen LogP contribution is -1.99. The van der Waals surface area contributed by atoms with Gasteiger partial charge in [0.05, 0.1) is 0 Å². The fraction of sp³-hybridized carbons (Fsp3) is 0.217. The number of hydrogen-bond donors (Lipinski definition) is 2. The van der Waals surface area contributed by atoms with Gasteiger partial charge in [0.15, 0.2) is 0 Å². The summed E-state index contributed by atoms with van der Waals surface area (Å²) in [7, 11) is 0. The predicted octanol–water partition coefficient (Wildman–Crippen LogP) is 5.46. The summed E-state index contributed by atoms with van der Waals surface area (Å²) in [5.41, 5.74) is 6.42. The summed E-state index contributed by atoms with van der Waals surface area (Å²) >= 11 is 0. The van der Waals surface area contributed by atoms with Crippen molar-refractivity contribution < 1.29 is 10.2 Å². The van der Waals surface area contributed by atoms with Gasteiger partial charge in [0.1, 0.15) is 11.5 Å². The van der Waals surface area contributed by atoms with E-state index in [9.17, 15) is 10.2 Å². The maximum absolute atomic E-state index is 10.3. The third-order valence-electron chi connectivity index (χ3n) is 4.76. The highest BCUT2D eigenvalue weighted by molar-refractivity contribution is 5.46. The summed E-state index contributed by atoms with van der Waals surface area (Å²) in [5, 5.41) is 20.4. The van der Waals surface area contributed by atoms with Crippen LogP contribution in [-0.2, 0) is 6.42 Å². The Morgan fingerprint density at radius 2 is 1.32 bits per heavy atom. The second kappa shape index (κ2) is 7.02. The molecule has 2 nitrogen and oxygen atoms in total. The molecule has 0 bridgehead atoms. The second-order valence-electron chi connectivity index (χ2n) is 6.83. The van der Waals surface area contributed by atoms with Crippen LogP contribution < -0.4 is 0 Å². The molecular formula is C23H24O2. The van der Waals surface area contributed by atoms with E-state index in [1.54, 1.807) is 12.1 Å². The van der Waals surface area contributed by atoms with Gasteiger partial charge in [-0.3, -0.25) is 0 Å². The number of phenolic OH excluding ortho intramolecular Hbond substituents is 2. The first-order chi connectivity index (χ1) is 11.9. The van der Waals surface area contributed by atoms with Crippen LogP contribution in [0.3, 0.4) is 0 Å². The highest BCUT2D eigenvalue weighted by Crippen LogP contribution is 2.31. The van der Waals surface area contributed by atoms with Crippen molar-refractivity contribution in [1.82, 2.24) is 0 Å². The van der Waals surface area contributed by atoms with E-state index in [0.29, 0.717) is 6.42 Å². The molecule has 0 spiro atoms. The van der Waals surface area contributed by atoms with Gasteiger partial charge in [0.2, 0.25) is 0 Å². The minimum atomic E-state index is 0.241. The van der Waals surface area contributed by atoms with Crippen molar-refractivity contribution >= 4 is 0 Å². The van der Waals surface area contributed by atoms with E-state index < -0.39 is 0 Å². The predicted molar refractivity (Wildman–Crippen MR) is 102 cm³/mol. The lowest BCUT2D eigenvalue weighted by Gasteiger charge is -2.16. The first-order valence-corrected chi connectivity index (χ1v) is 8.61. The number of phenols is 2. The first kappa shape index (κ1) is 17.1. The molecule has 1 unspecified atom stereocenters. The molecule has 1 atom stereocenters. The number of benzene rings is 3. The Morgan fingerprint density at radius 1 is 0.720 bits per heavy atom. The molecule has 2 heteroatoms. The van der Waals surface area contributed by atoms with Gasteiger partial charge in [0, 0.05) is 12.3 Å². The lowest BCUT2D eigenvalue weighted by atomic mass is 9.90. The van der Waals surface area contributed by atoms with Gasteiger partial charge in [0.25, 0.3) is 0 Å². The van der Waals surface area contributed by atoms with Gasteiger partial charge < -0.3 is 10.2 Å². The molecule has 0 amide bonds. The van der Waals surface area contributed by atoms with Crippen LogP contribution >= 0.6 is 0 Å². The van der Waals surface area contributed by atoms with Crippen LogP contribution in [0.1, 0.15) is 46.2 Å². The van der Waals surface area contributed by atoms with Crippen LogP contribution in [0.25, 0.3) is 0 Å². The molecule has 3 aromatic rings. The van der Waals surface area contributed by atoms with E-state index in [1.807, 2.05) is 31.2 Å². The number of hydrogen-bond acceptors (Lipinski definition) is 2. The van der Waals surface area contributed by atoms with E-state index >= 15 is 0 Å². The normalized spacial score (nSPS) is 12.1. The molecule has 0 aliphatic carbocycles. The summed E-state index contributed by atoms with van der Waals surface area (Å²) in [6.45, 7) is 6.27. The molecule has 0 saturated heterocycles. The van der Waals surface area contributed by atoms with Crippen LogP contribution in [0.15, 0.2) is 60.7 Å². The molecule has 0 radical (unpaired) electrons. The van der Waals surface area contributed by atoms with E-state index in [1.165, 1.54) is 11.1 Å². The Bertz CT molecular complexity index is 896. The average Bonchev–Trinajstić information content (AvgIpc) is 2.59. The maximum Gasteiger partial charge on any atom is 0.119 e. The van der Waals surface area contributed by atoms with Crippen molar-refractivity contribution in [3.05, 3.63) is 94.0 Å². The van der Waals surface area contributed by atoms with Crippen LogP contribution in [-0.4, -0.2) is 10.2 Å². The molecule has 0 heterocycles. The van der Waals surface area contributed by atoms with Gasteiger partial charge in [-0.15, -0.1) is 0 Å². The van der Waals surface area contributed by atoms with Crippen molar-refractivity contribution in [3.63, 3.8) is 0 Å². The molecule has 0 saturated carbocycles. The zero-order valence-electron chi connectivity index (χ0n) is 15.0. The fourth-order valence-electron chi connectivity index (χ4n) is 3.21. The SMILES string of the molecule is Cc1cccc(C(C)c2ccc(O)c(Cc3cc(C)ccc3O)c2)c1. The molecule has 0 aromatic heterocycles. The molecule has 3 aromatic carbocycles. The smallest absolute Gasteiger partial charge is 0.119 e. The summed E-state index contributed by atoms with van der Waals surface area (Å²) in [4.78, 5) is 0. The van der Waals surface area contributed by atoms with Gasteiger partial charge >= 0.3 is 0 Å². The molecular weight excluding hydrogens is 308 g/mol. The number of aromatic hydroxyl groups is 2. The Morgan fingerprint density at radius 3 is 2.04 bits per heavy atom. The monoisotopic (exact) mass is 332 g/mol. The topological polar surface area (TPSA) is 40.5 Å². The number of rotatable bonds is 4. The quantitative estimate of drug-likeness (QED) is 0.666. The van der Waals surface area contributed by atoms with Crippen molar-refractivity contribution in [1.29, 1.82) is 0 Å². The highest BCUT2D eigenvalue weighted by atomic mass is 16.3. The van der Waals surface area contributed by atoms with E-state index in [-0.39, 0.29) is 17.4 Å². The third kappa shape index (κ3) is 3.85. The Labute approximate surface area is 149 Å². The lowest BCUT2D eigenvalue weighted by molar-refractivity contribution is 0.462. The van der Waals surface area contributed by atoms with Crippen LogP contribution in [0, 0.1) is 13.8 Å². The van der Waals surface area contributed by atoms with Crippen molar-refractivity contribution in [2.75, 3.05) is 0 Å². The zero-order valence-corrected chi connectivity index (χ0v) is 15.0.